The van der Waals surface area contributed by atoms with E-state index >= 15 is 0 Å². The first-order valence-corrected chi connectivity index (χ1v) is 11.9. The van der Waals surface area contributed by atoms with Gasteiger partial charge in [-0.15, -0.1) is 0 Å². The van der Waals surface area contributed by atoms with E-state index in [0.29, 0.717) is 16.0 Å². The second-order valence-corrected chi connectivity index (χ2v) is 8.65. The van der Waals surface area contributed by atoms with Crippen molar-refractivity contribution in [3.05, 3.63) is 39.2 Å². The Morgan fingerprint density at radius 1 is 1.12 bits per heavy atom. The van der Waals surface area contributed by atoms with Crippen molar-refractivity contribution >= 4 is 52.1 Å². The lowest BCUT2D eigenvalue weighted by molar-refractivity contribution is -0.147. The number of anilines is 2. The molecule has 7 N–H and O–H groups in total. The van der Waals surface area contributed by atoms with Crippen molar-refractivity contribution < 1.29 is 19.1 Å². The van der Waals surface area contributed by atoms with Crippen molar-refractivity contribution in [1.82, 2.24) is 20.6 Å². The number of hydrogen-bond donors (Lipinski definition) is 5. The number of amides is 1. The number of unbranched alkanes of at least 4 members (excludes halogenated alkanes) is 1. The fourth-order valence-electron chi connectivity index (χ4n) is 2.82. The van der Waals surface area contributed by atoms with E-state index in [1.54, 1.807) is 0 Å². The highest BCUT2D eigenvalue weighted by Crippen LogP contribution is 2.15. The summed E-state index contributed by atoms with van der Waals surface area (Å²) in [4.78, 5) is 31.6. The van der Waals surface area contributed by atoms with Crippen LogP contribution in [0.4, 0.5) is 11.6 Å². The van der Waals surface area contributed by atoms with E-state index in [9.17, 15) is 9.59 Å². The topological polar surface area (TPSA) is 178 Å². The summed E-state index contributed by atoms with van der Waals surface area (Å²) in [6.45, 7) is 4.42. The highest BCUT2D eigenvalue weighted by atomic mass is 127. The molecule has 0 saturated carbocycles. The van der Waals surface area contributed by atoms with Gasteiger partial charge in [-0.2, -0.15) is 0 Å². The van der Waals surface area contributed by atoms with Gasteiger partial charge in [0, 0.05) is 6.54 Å². The summed E-state index contributed by atoms with van der Waals surface area (Å²) in [7, 11) is 0. The molecular weight excluding hydrogens is 553 g/mol. The fraction of sp³-hybridized carbons (Fsp3) is 0.409. The zero-order chi connectivity index (χ0) is 25.1. The normalized spacial score (nSPS) is 10.6. The molecule has 2 aromatic rings. The molecule has 34 heavy (non-hydrogen) atoms. The number of carbonyl (C=O) groups excluding carboxylic acids is 2. The Morgan fingerprint density at radius 3 is 2.50 bits per heavy atom. The molecule has 0 aliphatic rings. The number of nitrogens with zero attached hydrogens (tertiary/aromatic N) is 2. The first kappa shape index (κ1) is 27.1. The molecule has 0 spiro atoms. The number of nitrogens with one attached hydrogen (secondary N) is 3. The van der Waals surface area contributed by atoms with Crippen LogP contribution in [0.15, 0.2) is 24.3 Å². The maximum Gasteiger partial charge on any atom is 0.309 e. The van der Waals surface area contributed by atoms with Gasteiger partial charge < -0.3 is 26.3 Å². The number of ether oxygens (including phenoxy) is 2. The van der Waals surface area contributed by atoms with Crippen LogP contribution in [0.5, 0.6) is 5.75 Å². The zero-order valence-electron chi connectivity index (χ0n) is 19.2. The maximum absolute atomic E-state index is 12.2. The number of nitrogens with two attached hydrogens (primary N) is 2. The van der Waals surface area contributed by atoms with Gasteiger partial charge in [-0.25, -0.2) is 9.97 Å². The van der Waals surface area contributed by atoms with E-state index in [0.717, 1.165) is 24.8 Å². The van der Waals surface area contributed by atoms with Crippen LogP contribution >= 0.6 is 22.6 Å². The zero-order valence-corrected chi connectivity index (χ0v) is 21.3. The summed E-state index contributed by atoms with van der Waals surface area (Å²) in [6, 6.07) is 7.72. The first-order chi connectivity index (χ1) is 16.2. The number of rotatable bonds is 11. The summed E-state index contributed by atoms with van der Waals surface area (Å²) in [5, 5.41) is 13.1. The van der Waals surface area contributed by atoms with Crippen molar-refractivity contribution in [1.29, 1.82) is 5.41 Å². The van der Waals surface area contributed by atoms with Gasteiger partial charge >= 0.3 is 5.97 Å². The average molecular weight is 583 g/mol. The van der Waals surface area contributed by atoms with Crippen molar-refractivity contribution in [3.8, 4) is 5.75 Å². The maximum atomic E-state index is 12.2. The van der Waals surface area contributed by atoms with Crippen LogP contribution < -0.4 is 26.8 Å². The van der Waals surface area contributed by atoms with Crippen LogP contribution in [0.3, 0.4) is 0 Å². The van der Waals surface area contributed by atoms with Gasteiger partial charge in [0.25, 0.3) is 5.91 Å². The number of carbonyl (C=O) groups is 2. The Labute approximate surface area is 212 Å². The molecule has 12 heteroatoms. The highest BCUT2D eigenvalue weighted by molar-refractivity contribution is 14.1. The van der Waals surface area contributed by atoms with E-state index in [1.807, 2.05) is 60.7 Å². The lowest BCUT2D eigenvalue weighted by Crippen LogP contribution is -2.41. The number of guanidine groups is 1. The predicted molar refractivity (Wildman–Crippen MR) is 137 cm³/mol. The third-order valence-corrected chi connectivity index (χ3v) is 5.21. The molecule has 0 saturated heterocycles. The van der Waals surface area contributed by atoms with Gasteiger partial charge in [0.2, 0.25) is 0 Å². The van der Waals surface area contributed by atoms with Gasteiger partial charge in [-0.3, -0.25) is 20.3 Å². The molecule has 2 rings (SSSR count). The van der Waals surface area contributed by atoms with Crippen molar-refractivity contribution in [2.24, 2.45) is 0 Å². The molecule has 0 atom stereocenters. The second kappa shape index (κ2) is 13.5. The number of aromatic nitrogens is 2. The summed E-state index contributed by atoms with van der Waals surface area (Å²) in [5.41, 5.74) is 12.4. The molecule has 0 aliphatic carbocycles. The lowest BCUT2D eigenvalue weighted by atomic mass is 10.1. The number of nitrogen functional groups attached to an aromatic ring is 2. The standard InChI is InChI=1S/C22H30IN7O4/c1-13(2)34-16(31)10-12-33-15-8-6-14(7-9-15)5-3-4-11-27-22(26)30-21(32)17-19(24)29-20(25)18(23)28-17/h6-9,13H,3-5,10-12H2,1-2H3,(H4,24,25,29)(H3,26,27,30,32). The van der Waals surface area contributed by atoms with E-state index in [2.05, 4.69) is 20.6 Å². The minimum absolute atomic E-state index is 0.0759. The van der Waals surface area contributed by atoms with Crippen LogP contribution in [0.1, 0.15) is 49.2 Å². The molecule has 1 aromatic carbocycles. The third kappa shape index (κ3) is 9.37. The van der Waals surface area contributed by atoms with Crippen molar-refractivity contribution in [2.75, 3.05) is 24.6 Å². The summed E-state index contributed by atoms with van der Waals surface area (Å²) in [6.07, 6.45) is 2.64. The molecule has 0 fully saturated rings. The van der Waals surface area contributed by atoms with Gasteiger partial charge in [0.15, 0.2) is 23.3 Å². The Hall–Kier alpha value is -3.16. The van der Waals surface area contributed by atoms with E-state index in [1.165, 1.54) is 0 Å². The first-order valence-electron chi connectivity index (χ1n) is 10.8. The highest BCUT2D eigenvalue weighted by Gasteiger charge is 2.16. The second-order valence-electron chi connectivity index (χ2n) is 7.63. The largest absolute Gasteiger partial charge is 0.493 e. The molecule has 0 aliphatic heterocycles. The van der Waals surface area contributed by atoms with Gasteiger partial charge in [0.05, 0.1) is 19.1 Å². The minimum Gasteiger partial charge on any atom is -0.493 e. The van der Waals surface area contributed by atoms with Gasteiger partial charge in [-0.1, -0.05) is 12.1 Å². The smallest absolute Gasteiger partial charge is 0.309 e. The van der Waals surface area contributed by atoms with E-state index in [4.69, 9.17) is 26.4 Å². The number of esters is 1. The van der Waals surface area contributed by atoms with Crippen LogP contribution in [0.25, 0.3) is 0 Å². The Kier molecular flexibility index (Phi) is 10.8. The summed E-state index contributed by atoms with van der Waals surface area (Å²) in [5.74, 6) is -0.280. The molecule has 11 nitrogen and oxygen atoms in total. The van der Waals surface area contributed by atoms with E-state index in [-0.39, 0.29) is 48.4 Å². The van der Waals surface area contributed by atoms with Crippen LogP contribution in [-0.4, -0.2) is 47.1 Å². The predicted octanol–water partition coefficient (Wildman–Crippen LogP) is 2.24. The average Bonchev–Trinajstić information content (AvgIpc) is 2.76. The Bertz CT molecular complexity index is 999. The summed E-state index contributed by atoms with van der Waals surface area (Å²) < 4.78 is 11.0. The molecule has 1 aromatic heterocycles. The molecule has 0 bridgehead atoms. The molecule has 1 amide bonds. The minimum atomic E-state index is -0.625. The lowest BCUT2D eigenvalue weighted by Gasteiger charge is -2.11. The van der Waals surface area contributed by atoms with E-state index < -0.39 is 5.91 Å². The Balaban J connectivity index is 1.63. The Morgan fingerprint density at radius 2 is 1.82 bits per heavy atom. The fourth-order valence-corrected chi connectivity index (χ4v) is 3.18. The monoisotopic (exact) mass is 583 g/mol. The van der Waals surface area contributed by atoms with Crippen molar-refractivity contribution in [3.63, 3.8) is 0 Å². The molecule has 184 valence electrons. The third-order valence-electron chi connectivity index (χ3n) is 4.42. The number of benzene rings is 1. The van der Waals surface area contributed by atoms with Gasteiger partial charge in [0.1, 0.15) is 9.45 Å². The molecule has 0 unspecified atom stereocenters. The van der Waals surface area contributed by atoms with Crippen LogP contribution in [-0.2, 0) is 16.0 Å². The van der Waals surface area contributed by atoms with Crippen LogP contribution in [0, 0.1) is 9.11 Å². The molecule has 1 heterocycles. The number of halogens is 1. The van der Waals surface area contributed by atoms with Crippen molar-refractivity contribution in [2.45, 2.75) is 45.6 Å². The molecule has 0 radical (unpaired) electrons. The molecular formula is C22H30IN7O4. The summed E-state index contributed by atoms with van der Waals surface area (Å²) >= 11 is 1.86. The number of aryl methyl sites for hydroxylation is 1. The van der Waals surface area contributed by atoms with Gasteiger partial charge in [-0.05, 0) is 73.4 Å². The van der Waals surface area contributed by atoms with Crippen LogP contribution in [0.2, 0.25) is 0 Å². The SMILES string of the molecule is CC(C)OC(=O)CCOc1ccc(CCCCNC(=N)NC(=O)c2nc(I)c(N)nc2N)cc1. The quantitative estimate of drug-likeness (QED) is 0.0872. The number of hydrogen-bond acceptors (Lipinski definition) is 9.